The highest BCUT2D eigenvalue weighted by atomic mass is 28.4. The summed E-state index contributed by atoms with van der Waals surface area (Å²) in [6, 6.07) is 25.7. The van der Waals surface area contributed by atoms with Crippen LogP contribution in [0.25, 0.3) is 0 Å². The molecule has 3 rings (SSSR count). The summed E-state index contributed by atoms with van der Waals surface area (Å²) in [5.74, 6) is 1.08. The Morgan fingerprint density at radius 3 is 1.86 bits per heavy atom. The fourth-order valence-electron chi connectivity index (χ4n) is 4.02. The molecule has 2 aromatic carbocycles. The smallest absolute Gasteiger partial charge is 0.261 e. The van der Waals surface area contributed by atoms with Gasteiger partial charge in [0.15, 0.2) is 0 Å². The van der Waals surface area contributed by atoms with E-state index in [1.165, 1.54) is 10.4 Å². The molecule has 0 aliphatic heterocycles. The lowest BCUT2D eigenvalue weighted by Gasteiger charge is -2.43. The molecule has 0 N–H and O–H groups in total. The third-order valence-corrected chi connectivity index (χ3v) is 10.4. The standard InChI is InChI=1S/C25H32O2Si/c1-25(2,3)28(23-16-8-4-9-17-23,24-18-10-5-11-19-24)27-21-12-6-7-14-22-15-13-20-26-22/h4-5,8-11,13,15-20H,6-7,12,14,21H2,1-3H3. The van der Waals surface area contributed by atoms with Crippen LogP contribution in [0.1, 0.15) is 45.8 Å². The molecular formula is C25H32O2Si. The van der Waals surface area contributed by atoms with Crippen LogP contribution >= 0.6 is 0 Å². The van der Waals surface area contributed by atoms with Crippen LogP contribution in [0.2, 0.25) is 5.04 Å². The molecule has 2 nitrogen and oxygen atoms in total. The van der Waals surface area contributed by atoms with Crippen LogP contribution in [0.5, 0.6) is 0 Å². The highest BCUT2D eigenvalue weighted by Gasteiger charge is 2.49. The van der Waals surface area contributed by atoms with Crippen LogP contribution in [-0.4, -0.2) is 14.9 Å². The van der Waals surface area contributed by atoms with E-state index in [2.05, 4.69) is 87.5 Å². The molecule has 0 bridgehead atoms. The lowest BCUT2D eigenvalue weighted by molar-refractivity contribution is 0.286. The second kappa shape index (κ2) is 9.40. The SMILES string of the molecule is CC(C)(C)[Si](OCCCCCc1ccco1)(c1ccccc1)c1ccccc1. The predicted octanol–water partition coefficient (Wildman–Crippen LogP) is 5.57. The number of unbranched alkanes of at least 4 members (excludes halogenated alkanes) is 2. The van der Waals surface area contributed by atoms with Crippen molar-refractivity contribution >= 4 is 18.7 Å². The lowest BCUT2D eigenvalue weighted by Crippen LogP contribution is -2.66. The van der Waals surface area contributed by atoms with Gasteiger partial charge in [-0.1, -0.05) is 87.9 Å². The third-order valence-electron chi connectivity index (χ3n) is 5.38. The van der Waals surface area contributed by atoms with E-state index in [-0.39, 0.29) is 5.04 Å². The minimum absolute atomic E-state index is 0.0455. The Kier molecular flexibility index (Phi) is 6.92. The fraction of sp³-hybridized carbons (Fsp3) is 0.360. The topological polar surface area (TPSA) is 22.4 Å². The Labute approximate surface area is 170 Å². The molecule has 28 heavy (non-hydrogen) atoms. The zero-order valence-corrected chi connectivity index (χ0v) is 18.4. The van der Waals surface area contributed by atoms with E-state index in [0.717, 1.165) is 38.1 Å². The maximum absolute atomic E-state index is 6.92. The summed E-state index contributed by atoms with van der Waals surface area (Å²) in [4.78, 5) is 0. The van der Waals surface area contributed by atoms with Gasteiger partial charge in [-0.05, 0) is 40.4 Å². The molecule has 0 spiro atoms. The van der Waals surface area contributed by atoms with E-state index in [1.807, 2.05) is 6.07 Å². The van der Waals surface area contributed by atoms with Crippen molar-refractivity contribution in [2.24, 2.45) is 0 Å². The zero-order valence-electron chi connectivity index (χ0n) is 17.4. The number of furan rings is 1. The minimum atomic E-state index is -2.38. The zero-order chi connectivity index (χ0) is 19.9. The molecule has 0 fully saturated rings. The van der Waals surface area contributed by atoms with E-state index in [1.54, 1.807) is 6.26 Å². The molecule has 1 aromatic heterocycles. The second-order valence-electron chi connectivity index (χ2n) is 8.40. The molecule has 0 amide bonds. The molecule has 0 radical (unpaired) electrons. The lowest BCUT2D eigenvalue weighted by atomic mass is 10.2. The summed E-state index contributed by atoms with van der Waals surface area (Å²) in [6.45, 7) is 7.79. The van der Waals surface area contributed by atoms with Gasteiger partial charge < -0.3 is 8.84 Å². The van der Waals surface area contributed by atoms with Gasteiger partial charge in [0.1, 0.15) is 5.76 Å². The maximum atomic E-state index is 6.92. The molecule has 0 unspecified atom stereocenters. The maximum Gasteiger partial charge on any atom is 0.261 e. The fourth-order valence-corrected chi connectivity index (χ4v) is 8.63. The molecule has 0 saturated heterocycles. The van der Waals surface area contributed by atoms with Gasteiger partial charge in [-0.3, -0.25) is 0 Å². The summed E-state index contributed by atoms with van der Waals surface area (Å²) in [5.41, 5.74) is 0. The number of rotatable bonds is 9. The van der Waals surface area contributed by atoms with Crippen LogP contribution in [0, 0.1) is 0 Å². The van der Waals surface area contributed by atoms with E-state index in [4.69, 9.17) is 8.84 Å². The molecule has 1 heterocycles. The highest BCUT2D eigenvalue weighted by Crippen LogP contribution is 2.36. The molecule has 0 aliphatic rings. The Hall–Kier alpha value is -2.10. The van der Waals surface area contributed by atoms with E-state index < -0.39 is 8.32 Å². The van der Waals surface area contributed by atoms with Crippen LogP contribution in [0.3, 0.4) is 0 Å². The summed E-state index contributed by atoms with van der Waals surface area (Å²) in [7, 11) is -2.38. The molecule has 0 saturated carbocycles. The average molecular weight is 393 g/mol. The Morgan fingerprint density at radius 1 is 0.750 bits per heavy atom. The molecule has 0 aliphatic carbocycles. The van der Waals surface area contributed by atoms with Crippen molar-refractivity contribution in [3.8, 4) is 0 Å². The third kappa shape index (κ3) is 4.65. The first-order chi connectivity index (χ1) is 13.5. The molecule has 3 heteroatoms. The van der Waals surface area contributed by atoms with Gasteiger partial charge in [0, 0.05) is 13.0 Å². The van der Waals surface area contributed by atoms with Crippen molar-refractivity contribution in [1.82, 2.24) is 0 Å². The van der Waals surface area contributed by atoms with E-state index in [9.17, 15) is 0 Å². The van der Waals surface area contributed by atoms with Crippen molar-refractivity contribution < 1.29 is 8.84 Å². The first-order valence-electron chi connectivity index (χ1n) is 10.3. The molecular weight excluding hydrogens is 360 g/mol. The number of aryl methyl sites for hydroxylation is 1. The van der Waals surface area contributed by atoms with Crippen molar-refractivity contribution in [3.05, 3.63) is 84.8 Å². The summed E-state index contributed by atoms with van der Waals surface area (Å²) in [6.07, 6.45) is 6.12. The second-order valence-corrected chi connectivity index (χ2v) is 12.7. The van der Waals surface area contributed by atoms with Gasteiger partial charge in [0.2, 0.25) is 0 Å². The Balaban J connectivity index is 1.74. The Bertz CT molecular complexity index is 765. The summed E-state index contributed by atoms with van der Waals surface area (Å²) < 4.78 is 12.3. The first-order valence-corrected chi connectivity index (χ1v) is 12.2. The van der Waals surface area contributed by atoms with Gasteiger partial charge in [0.05, 0.1) is 6.26 Å². The van der Waals surface area contributed by atoms with Crippen LogP contribution in [0.4, 0.5) is 0 Å². The predicted molar refractivity (Wildman–Crippen MR) is 120 cm³/mol. The summed E-state index contributed by atoms with van der Waals surface area (Å²) in [5, 5.41) is 2.75. The first kappa shape index (κ1) is 20.6. The van der Waals surface area contributed by atoms with Crippen molar-refractivity contribution in [1.29, 1.82) is 0 Å². The van der Waals surface area contributed by atoms with Gasteiger partial charge in [0.25, 0.3) is 8.32 Å². The van der Waals surface area contributed by atoms with Gasteiger partial charge in [-0.2, -0.15) is 0 Å². The molecule has 3 aromatic rings. The van der Waals surface area contributed by atoms with Gasteiger partial charge in [-0.25, -0.2) is 0 Å². The van der Waals surface area contributed by atoms with Crippen molar-refractivity contribution in [2.45, 2.75) is 51.5 Å². The quantitative estimate of drug-likeness (QED) is 0.351. The van der Waals surface area contributed by atoms with Gasteiger partial charge >= 0.3 is 0 Å². The van der Waals surface area contributed by atoms with Crippen LogP contribution in [-0.2, 0) is 10.8 Å². The summed E-state index contributed by atoms with van der Waals surface area (Å²) >= 11 is 0. The largest absolute Gasteiger partial charge is 0.469 e. The number of hydrogen-bond donors (Lipinski definition) is 0. The molecule has 0 atom stereocenters. The number of hydrogen-bond acceptors (Lipinski definition) is 2. The van der Waals surface area contributed by atoms with Crippen molar-refractivity contribution in [2.75, 3.05) is 6.61 Å². The van der Waals surface area contributed by atoms with Crippen LogP contribution < -0.4 is 10.4 Å². The number of benzene rings is 2. The minimum Gasteiger partial charge on any atom is -0.469 e. The normalized spacial score (nSPS) is 12.2. The van der Waals surface area contributed by atoms with Crippen molar-refractivity contribution in [3.63, 3.8) is 0 Å². The average Bonchev–Trinajstić information content (AvgIpc) is 3.21. The highest BCUT2D eigenvalue weighted by molar-refractivity contribution is 6.99. The van der Waals surface area contributed by atoms with Gasteiger partial charge in [-0.15, -0.1) is 0 Å². The van der Waals surface area contributed by atoms with E-state index >= 15 is 0 Å². The van der Waals surface area contributed by atoms with E-state index in [0.29, 0.717) is 0 Å². The van der Waals surface area contributed by atoms with Crippen LogP contribution in [0.15, 0.2) is 83.5 Å². The monoisotopic (exact) mass is 392 g/mol. The Morgan fingerprint density at radius 2 is 1.36 bits per heavy atom. The molecule has 148 valence electrons.